The average molecular weight is 325 g/mol. The van der Waals surface area contributed by atoms with Crippen LogP contribution in [0.3, 0.4) is 0 Å². The summed E-state index contributed by atoms with van der Waals surface area (Å²) in [6.45, 7) is 6.39. The molecule has 122 valence electrons. The first kappa shape index (κ1) is 17.0. The SMILES string of the molecule is CCOC(=O)[C@H]1CCCN(S(=O)(=O)c2cc(C)ccc2C)C1. The molecule has 0 aliphatic carbocycles. The fourth-order valence-electron chi connectivity index (χ4n) is 2.74. The maximum atomic E-state index is 12.9. The molecule has 1 aromatic carbocycles. The van der Waals surface area contributed by atoms with Gasteiger partial charge in [-0.05, 0) is 50.8 Å². The molecule has 1 aliphatic rings. The van der Waals surface area contributed by atoms with Crippen molar-refractivity contribution in [3.05, 3.63) is 29.3 Å². The molecule has 1 saturated heterocycles. The molecule has 5 nitrogen and oxygen atoms in total. The van der Waals surface area contributed by atoms with E-state index >= 15 is 0 Å². The molecule has 0 bridgehead atoms. The van der Waals surface area contributed by atoms with Crippen molar-refractivity contribution in [1.29, 1.82) is 0 Å². The molecule has 22 heavy (non-hydrogen) atoms. The molecule has 0 unspecified atom stereocenters. The number of esters is 1. The van der Waals surface area contributed by atoms with E-state index in [1.54, 1.807) is 19.9 Å². The van der Waals surface area contributed by atoms with Crippen LogP contribution in [0.4, 0.5) is 0 Å². The lowest BCUT2D eigenvalue weighted by atomic mass is 10.0. The number of hydrogen-bond acceptors (Lipinski definition) is 4. The van der Waals surface area contributed by atoms with E-state index in [0.717, 1.165) is 11.1 Å². The Morgan fingerprint density at radius 3 is 2.77 bits per heavy atom. The summed E-state index contributed by atoms with van der Waals surface area (Å²) in [5.41, 5.74) is 1.63. The molecule has 6 heteroatoms. The predicted molar refractivity (Wildman–Crippen MR) is 84.0 cm³/mol. The summed E-state index contributed by atoms with van der Waals surface area (Å²) in [6.07, 6.45) is 1.35. The van der Waals surface area contributed by atoms with E-state index in [2.05, 4.69) is 0 Å². The van der Waals surface area contributed by atoms with E-state index in [0.29, 0.717) is 30.9 Å². The first-order valence-corrected chi connectivity index (χ1v) is 9.04. The molecule has 1 atom stereocenters. The quantitative estimate of drug-likeness (QED) is 0.797. The van der Waals surface area contributed by atoms with E-state index in [-0.39, 0.29) is 18.4 Å². The lowest BCUT2D eigenvalue weighted by Gasteiger charge is -2.31. The van der Waals surface area contributed by atoms with Gasteiger partial charge in [-0.25, -0.2) is 8.42 Å². The highest BCUT2D eigenvalue weighted by molar-refractivity contribution is 7.89. The summed E-state index contributed by atoms with van der Waals surface area (Å²) >= 11 is 0. The topological polar surface area (TPSA) is 63.7 Å². The molecular weight excluding hydrogens is 302 g/mol. The Hall–Kier alpha value is -1.40. The molecule has 0 amide bonds. The molecule has 1 fully saturated rings. The maximum Gasteiger partial charge on any atom is 0.310 e. The van der Waals surface area contributed by atoms with Gasteiger partial charge in [0.2, 0.25) is 10.0 Å². The van der Waals surface area contributed by atoms with Gasteiger partial charge in [-0.1, -0.05) is 12.1 Å². The fraction of sp³-hybridized carbons (Fsp3) is 0.562. The van der Waals surface area contributed by atoms with Crippen LogP contribution in [0.5, 0.6) is 0 Å². The van der Waals surface area contributed by atoms with Crippen LogP contribution in [0.25, 0.3) is 0 Å². The molecule has 1 heterocycles. The fourth-order valence-corrected chi connectivity index (χ4v) is 4.57. The number of piperidine rings is 1. The third kappa shape index (κ3) is 3.50. The minimum atomic E-state index is -3.57. The second-order valence-corrected chi connectivity index (χ2v) is 7.63. The highest BCUT2D eigenvalue weighted by Crippen LogP contribution is 2.26. The van der Waals surface area contributed by atoms with Crippen LogP contribution < -0.4 is 0 Å². The number of carbonyl (C=O) groups excluding carboxylic acids is 1. The first-order chi connectivity index (χ1) is 10.4. The van der Waals surface area contributed by atoms with Gasteiger partial charge < -0.3 is 4.74 Å². The number of aryl methyl sites for hydroxylation is 2. The number of nitrogens with zero attached hydrogens (tertiary/aromatic N) is 1. The van der Waals surface area contributed by atoms with E-state index < -0.39 is 10.0 Å². The van der Waals surface area contributed by atoms with Crippen molar-refractivity contribution in [2.45, 2.75) is 38.5 Å². The Kier molecular flexibility index (Phi) is 5.24. The molecule has 0 aromatic heterocycles. The zero-order chi connectivity index (χ0) is 16.3. The number of carbonyl (C=O) groups is 1. The van der Waals surface area contributed by atoms with Gasteiger partial charge in [0.25, 0.3) is 0 Å². The Morgan fingerprint density at radius 2 is 2.09 bits per heavy atom. The maximum absolute atomic E-state index is 12.9. The molecule has 0 spiro atoms. The average Bonchev–Trinajstić information content (AvgIpc) is 2.50. The van der Waals surface area contributed by atoms with Crippen LogP contribution in [0.15, 0.2) is 23.1 Å². The summed E-state index contributed by atoms with van der Waals surface area (Å²) in [5, 5.41) is 0. The van der Waals surface area contributed by atoms with Gasteiger partial charge in [-0.2, -0.15) is 4.31 Å². The largest absolute Gasteiger partial charge is 0.466 e. The molecule has 1 aliphatic heterocycles. The summed E-state index contributed by atoms with van der Waals surface area (Å²) in [4.78, 5) is 12.2. The summed E-state index contributed by atoms with van der Waals surface area (Å²) < 4.78 is 32.2. The van der Waals surface area contributed by atoms with Crippen LogP contribution in [-0.2, 0) is 19.6 Å². The van der Waals surface area contributed by atoms with Crippen molar-refractivity contribution < 1.29 is 17.9 Å². The van der Waals surface area contributed by atoms with Crippen LogP contribution in [0, 0.1) is 19.8 Å². The lowest BCUT2D eigenvalue weighted by Crippen LogP contribution is -2.42. The molecule has 2 rings (SSSR count). The van der Waals surface area contributed by atoms with E-state index in [9.17, 15) is 13.2 Å². The van der Waals surface area contributed by atoms with Gasteiger partial charge in [-0.3, -0.25) is 4.79 Å². The number of ether oxygens (including phenoxy) is 1. The first-order valence-electron chi connectivity index (χ1n) is 7.60. The zero-order valence-corrected chi connectivity index (χ0v) is 14.1. The van der Waals surface area contributed by atoms with Gasteiger partial charge in [0.05, 0.1) is 17.4 Å². The Labute approximate surface area is 132 Å². The predicted octanol–water partition coefficient (Wildman–Crippen LogP) is 2.27. The smallest absolute Gasteiger partial charge is 0.310 e. The molecule has 1 aromatic rings. The third-order valence-electron chi connectivity index (χ3n) is 3.97. The highest BCUT2D eigenvalue weighted by Gasteiger charge is 2.34. The minimum Gasteiger partial charge on any atom is -0.466 e. The van der Waals surface area contributed by atoms with Crippen LogP contribution >= 0.6 is 0 Å². The van der Waals surface area contributed by atoms with Crippen LogP contribution in [0.1, 0.15) is 30.9 Å². The second kappa shape index (κ2) is 6.79. The Bertz CT molecular complexity index is 654. The minimum absolute atomic E-state index is 0.203. The van der Waals surface area contributed by atoms with Crippen molar-refractivity contribution in [1.82, 2.24) is 4.31 Å². The zero-order valence-electron chi connectivity index (χ0n) is 13.3. The van der Waals surface area contributed by atoms with E-state index in [1.807, 2.05) is 19.1 Å². The lowest BCUT2D eigenvalue weighted by molar-refractivity contribution is -0.149. The molecular formula is C16H23NO4S. The van der Waals surface area contributed by atoms with Gasteiger partial charge in [0, 0.05) is 13.1 Å². The van der Waals surface area contributed by atoms with Gasteiger partial charge >= 0.3 is 5.97 Å². The van der Waals surface area contributed by atoms with Gasteiger partial charge in [-0.15, -0.1) is 0 Å². The molecule has 0 N–H and O–H groups in total. The van der Waals surface area contributed by atoms with Crippen molar-refractivity contribution in [2.75, 3.05) is 19.7 Å². The van der Waals surface area contributed by atoms with E-state index in [4.69, 9.17) is 4.74 Å². The molecule has 0 radical (unpaired) electrons. The Balaban J connectivity index is 2.25. The third-order valence-corrected chi connectivity index (χ3v) is 5.97. The highest BCUT2D eigenvalue weighted by atomic mass is 32.2. The van der Waals surface area contributed by atoms with Crippen LogP contribution in [0.2, 0.25) is 0 Å². The van der Waals surface area contributed by atoms with Crippen LogP contribution in [-0.4, -0.2) is 38.4 Å². The van der Waals surface area contributed by atoms with Gasteiger partial charge in [0.15, 0.2) is 0 Å². The van der Waals surface area contributed by atoms with Crippen molar-refractivity contribution in [2.24, 2.45) is 5.92 Å². The summed E-state index contributed by atoms with van der Waals surface area (Å²) in [6, 6.07) is 5.40. The van der Waals surface area contributed by atoms with Crippen molar-refractivity contribution in [3.63, 3.8) is 0 Å². The second-order valence-electron chi connectivity index (χ2n) is 5.72. The number of hydrogen-bond donors (Lipinski definition) is 0. The number of rotatable bonds is 4. The van der Waals surface area contributed by atoms with E-state index in [1.165, 1.54) is 4.31 Å². The normalized spacial score (nSPS) is 19.9. The number of benzene rings is 1. The summed E-state index contributed by atoms with van der Waals surface area (Å²) in [5.74, 6) is -0.669. The standard InChI is InChI=1S/C16H23NO4S/c1-4-21-16(18)14-6-5-9-17(11-14)22(19,20)15-10-12(2)7-8-13(15)3/h7-8,10,14H,4-6,9,11H2,1-3H3/t14-/m0/s1. The Morgan fingerprint density at radius 1 is 1.36 bits per heavy atom. The number of sulfonamides is 1. The van der Waals surface area contributed by atoms with Crippen molar-refractivity contribution in [3.8, 4) is 0 Å². The van der Waals surface area contributed by atoms with Crippen molar-refractivity contribution >= 4 is 16.0 Å². The monoisotopic (exact) mass is 325 g/mol. The summed E-state index contributed by atoms with van der Waals surface area (Å²) in [7, 11) is -3.57. The molecule has 0 saturated carbocycles. The van der Waals surface area contributed by atoms with Gasteiger partial charge in [0.1, 0.15) is 0 Å².